The Kier molecular flexibility index (Phi) is 6.88. The topological polar surface area (TPSA) is 101 Å². The Morgan fingerprint density at radius 1 is 1.14 bits per heavy atom. The maximum atomic E-state index is 12.8. The molecule has 29 heavy (non-hydrogen) atoms. The highest BCUT2D eigenvalue weighted by Crippen LogP contribution is 2.27. The molecule has 1 aromatic heterocycles. The number of hydrogen-bond donors (Lipinski definition) is 2. The maximum absolute atomic E-state index is 12.8. The highest BCUT2D eigenvalue weighted by Gasteiger charge is 2.20. The number of benzene rings is 2. The lowest BCUT2D eigenvalue weighted by molar-refractivity contribution is 0.102. The van der Waals surface area contributed by atoms with Crippen molar-refractivity contribution in [2.75, 3.05) is 15.8 Å². The van der Waals surface area contributed by atoms with Gasteiger partial charge in [0.15, 0.2) is 4.34 Å². The average molecular weight is 449 g/mol. The van der Waals surface area contributed by atoms with Crippen LogP contribution < -0.4 is 10.0 Å². The predicted molar refractivity (Wildman–Crippen MR) is 117 cm³/mol. The summed E-state index contributed by atoms with van der Waals surface area (Å²) in [5, 5.41) is 11.0. The third kappa shape index (κ3) is 5.55. The van der Waals surface area contributed by atoms with Crippen molar-refractivity contribution in [2.24, 2.45) is 0 Å². The van der Waals surface area contributed by atoms with E-state index in [4.69, 9.17) is 0 Å². The molecule has 3 rings (SSSR count). The fraction of sp³-hybridized carbons (Fsp3) is 0.211. The van der Waals surface area contributed by atoms with Gasteiger partial charge in [0.05, 0.1) is 4.90 Å². The maximum Gasteiger partial charge on any atom is 0.262 e. The van der Waals surface area contributed by atoms with Gasteiger partial charge in [-0.2, -0.15) is 0 Å². The number of sulfonamides is 1. The number of amides is 1. The van der Waals surface area contributed by atoms with E-state index >= 15 is 0 Å². The van der Waals surface area contributed by atoms with Crippen LogP contribution in [0.25, 0.3) is 0 Å². The van der Waals surface area contributed by atoms with Crippen molar-refractivity contribution >= 4 is 49.8 Å². The van der Waals surface area contributed by atoms with E-state index in [1.165, 1.54) is 17.4 Å². The van der Waals surface area contributed by atoms with Gasteiger partial charge in [0.1, 0.15) is 0 Å². The van der Waals surface area contributed by atoms with Crippen molar-refractivity contribution in [3.63, 3.8) is 0 Å². The van der Waals surface area contributed by atoms with Gasteiger partial charge in [-0.05, 0) is 43.2 Å². The Hall–Kier alpha value is -2.43. The summed E-state index contributed by atoms with van der Waals surface area (Å²) in [4.78, 5) is 12.6. The molecule has 7 nitrogen and oxygen atoms in total. The number of para-hydroxylation sites is 1. The summed E-state index contributed by atoms with van der Waals surface area (Å²) in [6.45, 7) is 3.76. The lowest BCUT2D eigenvalue weighted by Gasteiger charge is -2.12. The van der Waals surface area contributed by atoms with Gasteiger partial charge < -0.3 is 0 Å². The summed E-state index contributed by atoms with van der Waals surface area (Å²) in [6.07, 6.45) is 1.02. The third-order valence-corrected chi connectivity index (χ3v) is 7.52. The van der Waals surface area contributed by atoms with Crippen LogP contribution in [0.15, 0.2) is 57.8 Å². The van der Waals surface area contributed by atoms with Gasteiger partial charge in [-0.1, -0.05) is 54.3 Å². The van der Waals surface area contributed by atoms with Crippen LogP contribution in [0.1, 0.15) is 29.3 Å². The third-order valence-electron chi connectivity index (χ3n) is 3.82. The molecule has 0 aliphatic rings. The van der Waals surface area contributed by atoms with Crippen molar-refractivity contribution in [1.82, 2.24) is 10.2 Å². The Balaban J connectivity index is 1.79. The molecule has 10 heteroatoms. The van der Waals surface area contributed by atoms with Crippen molar-refractivity contribution in [1.29, 1.82) is 0 Å². The van der Waals surface area contributed by atoms with Crippen molar-refractivity contribution < 1.29 is 13.2 Å². The average Bonchev–Trinajstić information content (AvgIpc) is 3.14. The first-order valence-electron chi connectivity index (χ1n) is 8.85. The molecule has 2 aromatic carbocycles. The van der Waals surface area contributed by atoms with E-state index in [1.54, 1.807) is 61.2 Å². The minimum absolute atomic E-state index is 0.0467. The monoisotopic (exact) mass is 448 g/mol. The second-order valence-corrected chi connectivity index (χ2v) is 10.1. The molecule has 1 heterocycles. The normalized spacial score (nSPS) is 11.2. The molecule has 152 valence electrons. The Morgan fingerprint density at radius 2 is 1.90 bits per heavy atom. The first-order chi connectivity index (χ1) is 13.9. The van der Waals surface area contributed by atoms with Gasteiger partial charge in [0, 0.05) is 17.0 Å². The molecule has 0 fully saturated rings. The van der Waals surface area contributed by atoms with Crippen LogP contribution >= 0.6 is 23.1 Å². The summed E-state index contributed by atoms with van der Waals surface area (Å²) in [7, 11) is -3.84. The van der Waals surface area contributed by atoms with Gasteiger partial charge in [-0.25, -0.2) is 8.42 Å². The smallest absolute Gasteiger partial charge is 0.262 e. The van der Waals surface area contributed by atoms with Gasteiger partial charge in [0.25, 0.3) is 15.9 Å². The SMILES string of the molecule is CCCSc1nnc(NC(=O)c2ccc(C)c(S(=O)(=O)Nc3ccccc3)c2)s1. The first-order valence-corrected chi connectivity index (χ1v) is 12.1. The van der Waals surface area contributed by atoms with Crippen LogP contribution in [-0.4, -0.2) is 30.3 Å². The molecule has 1 amide bonds. The fourth-order valence-corrected chi connectivity index (χ4v) is 5.43. The number of nitrogens with zero attached hydrogens (tertiary/aromatic N) is 2. The Morgan fingerprint density at radius 3 is 2.62 bits per heavy atom. The zero-order valence-electron chi connectivity index (χ0n) is 15.9. The zero-order valence-corrected chi connectivity index (χ0v) is 18.3. The predicted octanol–water partition coefficient (Wildman–Crippen LogP) is 4.40. The lowest BCUT2D eigenvalue weighted by Crippen LogP contribution is -2.17. The number of hydrogen-bond acceptors (Lipinski definition) is 7. The Labute approximate surface area is 178 Å². The molecule has 3 aromatic rings. The molecule has 0 aliphatic carbocycles. The van der Waals surface area contributed by atoms with E-state index < -0.39 is 15.9 Å². The minimum Gasteiger partial charge on any atom is -0.296 e. The minimum atomic E-state index is -3.84. The number of aryl methyl sites for hydroxylation is 1. The zero-order chi connectivity index (χ0) is 20.9. The molecule has 0 spiro atoms. The number of thioether (sulfide) groups is 1. The van der Waals surface area contributed by atoms with Crippen LogP contribution in [0.3, 0.4) is 0 Å². The van der Waals surface area contributed by atoms with Crippen molar-refractivity contribution in [2.45, 2.75) is 29.5 Å². The van der Waals surface area contributed by atoms with E-state index in [2.05, 4.69) is 27.2 Å². The molecule has 2 N–H and O–H groups in total. The summed E-state index contributed by atoms with van der Waals surface area (Å²) in [5.74, 6) is 0.486. The molecular weight excluding hydrogens is 428 g/mol. The van der Waals surface area contributed by atoms with Crippen LogP contribution in [0.4, 0.5) is 10.8 Å². The number of carbonyl (C=O) groups is 1. The molecule has 0 radical (unpaired) electrons. The van der Waals surface area contributed by atoms with E-state index in [-0.39, 0.29) is 10.5 Å². The van der Waals surface area contributed by atoms with Crippen LogP contribution in [-0.2, 0) is 10.0 Å². The van der Waals surface area contributed by atoms with Crippen LogP contribution in [0.5, 0.6) is 0 Å². The van der Waals surface area contributed by atoms with E-state index in [1.807, 2.05) is 0 Å². The second kappa shape index (κ2) is 9.38. The summed E-state index contributed by atoms with van der Waals surface area (Å²) in [5.41, 5.74) is 1.22. The fourth-order valence-electron chi connectivity index (χ4n) is 2.42. The number of aromatic nitrogens is 2. The van der Waals surface area contributed by atoms with E-state index in [9.17, 15) is 13.2 Å². The van der Waals surface area contributed by atoms with Crippen LogP contribution in [0.2, 0.25) is 0 Å². The molecule has 0 unspecified atom stereocenters. The number of rotatable bonds is 8. The van der Waals surface area contributed by atoms with E-state index in [0.29, 0.717) is 16.4 Å². The van der Waals surface area contributed by atoms with Crippen molar-refractivity contribution in [3.8, 4) is 0 Å². The largest absolute Gasteiger partial charge is 0.296 e. The number of nitrogens with one attached hydrogen (secondary N) is 2. The molecule has 0 bridgehead atoms. The number of carbonyl (C=O) groups excluding carboxylic acids is 1. The lowest BCUT2D eigenvalue weighted by atomic mass is 10.1. The number of anilines is 2. The van der Waals surface area contributed by atoms with E-state index in [0.717, 1.165) is 16.5 Å². The highest BCUT2D eigenvalue weighted by molar-refractivity contribution is 8.01. The van der Waals surface area contributed by atoms with Crippen LogP contribution in [0, 0.1) is 6.92 Å². The highest BCUT2D eigenvalue weighted by atomic mass is 32.2. The van der Waals surface area contributed by atoms with Gasteiger partial charge >= 0.3 is 0 Å². The summed E-state index contributed by atoms with van der Waals surface area (Å²) in [6, 6.07) is 13.2. The molecule has 0 saturated carbocycles. The van der Waals surface area contributed by atoms with Gasteiger partial charge in [-0.3, -0.25) is 14.8 Å². The molecule has 0 saturated heterocycles. The summed E-state index contributed by atoms with van der Waals surface area (Å²) >= 11 is 2.87. The molecule has 0 atom stereocenters. The standard InChI is InChI=1S/C19H20N4O3S3/c1-3-11-27-19-22-21-18(28-19)20-17(24)14-10-9-13(2)16(12-14)29(25,26)23-15-7-5-4-6-8-15/h4-10,12,23H,3,11H2,1-2H3,(H,20,21,24). The summed E-state index contributed by atoms with van der Waals surface area (Å²) < 4.78 is 28.9. The second-order valence-electron chi connectivity index (χ2n) is 6.13. The first kappa shape index (κ1) is 21.3. The quantitative estimate of drug-likeness (QED) is 0.391. The van der Waals surface area contributed by atoms with Gasteiger partial charge in [0.2, 0.25) is 5.13 Å². The van der Waals surface area contributed by atoms with Crippen molar-refractivity contribution in [3.05, 3.63) is 59.7 Å². The molecular formula is C19H20N4O3S3. The molecule has 0 aliphatic heterocycles. The Bertz CT molecular complexity index is 1100. The van der Waals surface area contributed by atoms with Gasteiger partial charge in [-0.15, -0.1) is 10.2 Å².